The van der Waals surface area contributed by atoms with E-state index >= 15 is 0 Å². The molecule has 0 aromatic heterocycles. The predicted molar refractivity (Wildman–Crippen MR) is 69.6 cm³/mol. The Labute approximate surface area is 106 Å². The normalized spacial score (nSPS) is 11.1. The zero-order valence-corrected chi connectivity index (χ0v) is 10.6. The topological polar surface area (TPSA) is 69.4 Å². The summed E-state index contributed by atoms with van der Waals surface area (Å²) in [4.78, 5) is 22.9. The summed E-state index contributed by atoms with van der Waals surface area (Å²) in [6, 6.07) is 7.27. The lowest BCUT2D eigenvalue weighted by atomic mass is 10.0. The monoisotopic (exact) mass is 247 g/mol. The van der Waals surface area contributed by atoms with Crippen LogP contribution in [0.25, 0.3) is 5.57 Å². The van der Waals surface area contributed by atoms with E-state index in [9.17, 15) is 9.59 Å². The predicted octanol–water partition coefficient (Wildman–Crippen LogP) is 1.82. The SMILES string of the molecule is CCCOC(=O)/C(=C\C(N)=O)c1ccccc1C. The molecule has 0 aliphatic heterocycles. The fourth-order valence-corrected chi connectivity index (χ4v) is 1.54. The molecule has 1 aromatic rings. The molecule has 18 heavy (non-hydrogen) atoms. The molecule has 0 aliphatic carbocycles. The highest BCUT2D eigenvalue weighted by Crippen LogP contribution is 2.20. The number of ether oxygens (including phenoxy) is 1. The van der Waals surface area contributed by atoms with Gasteiger partial charge in [0.1, 0.15) is 0 Å². The number of nitrogens with two attached hydrogens (primary N) is 1. The number of hydrogen-bond donors (Lipinski definition) is 1. The fraction of sp³-hybridized carbons (Fsp3) is 0.286. The van der Waals surface area contributed by atoms with E-state index in [2.05, 4.69) is 0 Å². The van der Waals surface area contributed by atoms with Gasteiger partial charge in [-0.2, -0.15) is 0 Å². The Bertz CT molecular complexity index is 478. The van der Waals surface area contributed by atoms with Crippen LogP contribution in [0.4, 0.5) is 0 Å². The Morgan fingerprint density at radius 1 is 1.33 bits per heavy atom. The average Bonchev–Trinajstić information content (AvgIpc) is 2.34. The molecule has 0 saturated carbocycles. The molecule has 4 nitrogen and oxygen atoms in total. The third-order valence-corrected chi connectivity index (χ3v) is 2.38. The maximum Gasteiger partial charge on any atom is 0.338 e. The Morgan fingerprint density at radius 3 is 2.56 bits per heavy atom. The Morgan fingerprint density at radius 2 is 2.00 bits per heavy atom. The van der Waals surface area contributed by atoms with Gasteiger partial charge in [0.05, 0.1) is 12.2 Å². The van der Waals surface area contributed by atoms with Crippen molar-refractivity contribution in [3.8, 4) is 0 Å². The van der Waals surface area contributed by atoms with Gasteiger partial charge in [0.2, 0.25) is 5.91 Å². The summed E-state index contributed by atoms with van der Waals surface area (Å²) in [6.07, 6.45) is 1.84. The zero-order chi connectivity index (χ0) is 13.5. The van der Waals surface area contributed by atoms with E-state index in [1.54, 1.807) is 12.1 Å². The molecule has 1 amide bonds. The van der Waals surface area contributed by atoms with Crippen LogP contribution in [0, 0.1) is 6.92 Å². The molecule has 1 aromatic carbocycles. The molecule has 0 fully saturated rings. The van der Waals surface area contributed by atoms with Gasteiger partial charge in [-0.05, 0) is 24.5 Å². The average molecular weight is 247 g/mol. The molecule has 0 radical (unpaired) electrons. The third-order valence-electron chi connectivity index (χ3n) is 2.38. The maximum absolute atomic E-state index is 11.9. The van der Waals surface area contributed by atoms with Gasteiger partial charge in [-0.15, -0.1) is 0 Å². The quantitative estimate of drug-likeness (QED) is 0.637. The first-order valence-corrected chi connectivity index (χ1v) is 5.80. The molecule has 0 aliphatic rings. The molecule has 96 valence electrons. The molecule has 0 bridgehead atoms. The number of esters is 1. The van der Waals surface area contributed by atoms with Crippen LogP contribution in [0.2, 0.25) is 0 Å². The van der Waals surface area contributed by atoms with Crippen molar-refractivity contribution >= 4 is 17.4 Å². The van der Waals surface area contributed by atoms with Crippen molar-refractivity contribution in [3.05, 3.63) is 41.5 Å². The minimum atomic E-state index is -0.665. The Kier molecular flexibility index (Phi) is 5.11. The highest BCUT2D eigenvalue weighted by Gasteiger charge is 2.16. The molecule has 0 saturated heterocycles. The van der Waals surface area contributed by atoms with Crippen LogP contribution in [0.15, 0.2) is 30.3 Å². The number of primary amides is 1. The molecule has 0 atom stereocenters. The second kappa shape index (κ2) is 6.59. The lowest BCUT2D eigenvalue weighted by Crippen LogP contribution is -2.14. The van der Waals surface area contributed by atoms with E-state index in [-0.39, 0.29) is 5.57 Å². The van der Waals surface area contributed by atoms with Crippen molar-refractivity contribution < 1.29 is 14.3 Å². The summed E-state index contributed by atoms with van der Waals surface area (Å²) in [5, 5.41) is 0. The molecule has 0 unspecified atom stereocenters. The first-order chi connectivity index (χ1) is 8.56. The van der Waals surface area contributed by atoms with Crippen molar-refractivity contribution in [1.29, 1.82) is 0 Å². The maximum atomic E-state index is 11.9. The van der Waals surface area contributed by atoms with Gasteiger partial charge in [-0.3, -0.25) is 4.79 Å². The largest absolute Gasteiger partial charge is 0.462 e. The van der Waals surface area contributed by atoms with Gasteiger partial charge in [0, 0.05) is 6.08 Å². The Balaban J connectivity index is 3.11. The first kappa shape index (κ1) is 14.0. The smallest absolute Gasteiger partial charge is 0.338 e. The van der Waals surface area contributed by atoms with Crippen molar-refractivity contribution in [2.75, 3.05) is 6.61 Å². The molecule has 0 spiro atoms. The minimum absolute atomic E-state index is 0.203. The van der Waals surface area contributed by atoms with E-state index in [4.69, 9.17) is 10.5 Å². The van der Waals surface area contributed by atoms with Gasteiger partial charge in [-0.25, -0.2) is 4.79 Å². The third kappa shape index (κ3) is 3.73. The lowest BCUT2D eigenvalue weighted by molar-refractivity contribution is -0.136. The van der Waals surface area contributed by atoms with Crippen molar-refractivity contribution in [2.45, 2.75) is 20.3 Å². The molecule has 1 rings (SSSR count). The van der Waals surface area contributed by atoms with E-state index in [0.29, 0.717) is 12.2 Å². The number of benzene rings is 1. The molecule has 0 heterocycles. The van der Waals surface area contributed by atoms with Gasteiger partial charge in [-0.1, -0.05) is 31.2 Å². The van der Waals surface area contributed by atoms with Crippen molar-refractivity contribution in [1.82, 2.24) is 0 Å². The van der Waals surface area contributed by atoms with Crippen LogP contribution in [0.1, 0.15) is 24.5 Å². The summed E-state index contributed by atoms with van der Waals surface area (Å²) in [5.74, 6) is -1.19. The number of rotatable bonds is 5. The highest BCUT2D eigenvalue weighted by atomic mass is 16.5. The number of carbonyl (C=O) groups is 2. The zero-order valence-electron chi connectivity index (χ0n) is 10.6. The number of carbonyl (C=O) groups excluding carboxylic acids is 2. The molecule has 4 heteroatoms. The van der Waals surface area contributed by atoms with Crippen LogP contribution in [-0.2, 0) is 14.3 Å². The van der Waals surface area contributed by atoms with Crippen LogP contribution < -0.4 is 5.73 Å². The van der Waals surface area contributed by atoms with E-state index in [1.165, 1.54) is 0 Å². The second-order valence-electron chi connectivity index (χ2n) is 3.91. The lowest BCUT2D eigenvalue weighted by Gasteiger charge is -2.09. The van der Waals surface area contributed by atoms with Crippen LogP contribution in [-0.4, -0.2) is 18.5 Å². The highest BCUT2D eigenvalue weighted by molar-refractivity contribution is 6.21. The van der Waals surface area contributed by atoms with Crippen LogP contribution in [0.3, 0.4) is 0 Å². The number of hydrogen-bond acceptors (Lipinski definition) is 3. The summed E-state index contributed by atoms with van der Waals surface area (Å²) < 4.78 is 5.05. The minimum Gasteiger partial charge on any atom is -0.462 e. The number of aryl methyl sites for hydroxylation is 1. The standard InChI is InChI=1S/C14H17NO3/c1-3-8-18-14(17)12(9-13(15)16)11-7-5-4-6-10(11)2/h4-7,9H,3,8H2,1-2H3,(H2,15,16)/b12-9-. The Hall–Kier alpha value is -2.10. The second-order valence-corrected chi connectivity index (χ2v) is 3.91. The summed E-state index contributed by atoms with van der Waals surface area (Å²) in [7, 11) is 0. The van der Waals surface area contributed by atoms with E-state index in [1.807, 2.05) is 26.0 Å². The van der Waals surface area contributed by atoms with Crippen LogP contribution >= 0.6 is 0 Å². The van der Waals surface area contributed by atoms with Crippen molar-refractivity contribution in [3.63, 3.8) is 0 Å². The van der Waals surface area contributed by atoms with Gasteiger partial charge >= 0.3 is 5.97 Å². The van der Waals surface area contributed by atoms with E-state index < -0.39 is 11.9 Å². The van der Waals surface area contributed by atoms with Gasteiger partial charge in [0.25, 0.3) is 0 Å². The summed E-state index contributed by atoms with van der Waals surface area (Å²) >= 11 is 0. The van der Waals surface area contributed by atoms with Crippen molar-refractivity contribution in [2.24, 2.45) is 5.73 Å². The van der Waals surface area contributed by atoms with Gasteiger partial charge < -0.3 is 10.5 Å². The summed E-state index contributed by atoms with van der Waals surface area (Å²) in [5.41, 5.74) is 6.88. The fourth-order valence-electron chi connectivity index (χ4n) is 1.54. The van der Waals surface area contributed by atoms with Gasteiger partial charge in [0.15, 0.2) is 0 Å². The first-order valence-electron chi connectivity index (χ1n) is 5.80. The van der Waals surface area contributed by atoms with E-state index in [0.717, 1.165) is 18.1 Å². The molecular formula is C14H17NO3. The van der Waals surface area contributed by atoms with Crippen LogP contribution in [0.5, 0.6) is 0 Å². The molecule has 2 N–H and O–H groups in total. The molecular weight excluding hydrogens is 230 g/mol. The number of amides is 1. The summed E-state index contributed by atoms with van der Waals surface area (Å²) in [6.45, 7) is 4.08.